The summed E-state index contributed by atoms with van der Waals surface area (Å²) in [7, 11) is -3.67. The predicted octanol–water partition coefficient (Wildman–Crippen LogP) is -0.370. The van der Waals surface area contributed by atoms with Crippen LogP contribution in [-0.2, 0) is 38.6 Å². The molecule has 164 valence electrons. The van der Waals surface area contributed by atoms with Crippen molar-refractivity contribution in [3.05, 3.63) is 0 Å². The number of carbonyl (C=O) groups is 3. The quantitative estimate of drug-likeness (QED) is 0.156. The standard InChI is InChI=1S/C16H30N2O8S2/c1-14(2,7-15(3,4)27)18-28(22,23)6-5-17-16(8-24-11-19,9-25-12-20)10-26-13-21/h11-13,17-18,27H,5-10H2,1-4H3. The second-order valence-corrected chi connectivity index (χ2v) is 10.8. The summed E-state index contributed by atoms with van der Waals surface area (Å²) >= 11 is 4.43. The molecule has 0 aromatic rings. The molecule has 0 radical (unpaired) electrons. The average molecular weight is 443 g/mol. The van der Waals surface area contributed by atoms with E-state index >= 15 is 0 Å². The first kappa shape index (κ1) is 26.6. The van der Waals surface area contributed by atoms with Crippen molar-refractivity contribution in [3.63, 3.8) is 0 Å². The molecule has 28 heavy (non-hydrogen) atoms. The second kappa shape index (κ2) is 11.6. The number of carbonyl (C=O) groups excluding carboxylic acids is 3. The van der Waals surface area contributed by atoms with Gasteiger partial charge in [0.1, 0.15) is 25.4 Å². The van der Waals surface area contributed by atoms with Gasteiger partial charge >= 0.3 is 0 Å². The van der Waals surface area contributed by atoms with Crippen LogP contribution in [0.15, 0.2) is 0 Å². The molecule has 0 unspecified atom stereocenters. The zero-order chi connectivity index (χ0) is 21.9. The summed E-state index contributed by atoms with van der Waals surface area (Å²) in [6.07, 6.45) is 0.493. The normalized spacial score (nSPS) is 12.9. The van der Waals surface area contributed by atoms with E-state index in [1.807, 2.05) is 13.8 Å². The minimum atomic E-state index is -3.67. The van der Waals surface area contributed by atoms with Gasteiger partial charge in [-0.25, -0.2) is 13.1 Å². The summed E-state index contributed by atoms with van der Waals surface area (Å²) in [6.45, 7) is 6.84. The lowest BCUT2D eigenvalue weighted by molar-refractivity contribution is -0.140. The Balaban J connectivity index is 5.04. The van der Waals surface area contributed by atoms with Gasteiger partial charge in [0.25, 0.3) is 19.4 Å². The predicted molar refractivity (Wildman–Crippen MR) is 105 cm³/mol. The number of rotatable bonds is 17. The van der Waals surface area contributed by atoms with E-state index in [4.69, 9.17) is 14.2 Å². The van der Waals surface area contributed by atoms with Gasteiger partial charge in [0, 0.05) is 16.8 Å². The summed E-state index contributed by atoms with van der Waals surface area (Å²) in [4.78, 5) is 31.6. The van der Waals surface area contributed by atoms with Crippen LogP contribution in [0, 0.1) is 0 Å². The fraction of sp³-hybridized carbons (Fsp3) is 0.812. The third-order valence-electron chi connectivity index (χ3n) is 3.46. The molecule has 0 aromatic carbocycles. The topological polar surface area (TPSA) is 137 Å². The third kappa shape index (κ3) is 12.2. The van der Waals surface area contributed by atoms with Crippen molar-refractivity contribution in [1.29, 1.82) is 0 Å². The Morgan fingerprint density at radius 3 is 1.68 bits per heavy atom. The van der Waals surface area contributed by atoms with Crippen LogP contribution >= 0.6 is 12.6 Å². The van der Waals surface area contributed by atoms with Crippen molar-refractivity contribution in [2.75, 3.05) is 32.1 Å². The van der Waals surface area contributed by atoms with Crippen LogP contribution < -0.4 is 10.0 Å². The molecule has 0 aliphatic rings. The summed E-state index contributed by atoms with van der Waals surface area (Å²) in [5.41, 5.74) is -2.00. The highest BCUT2D eigenvalue weighted by Gasteiger charge is 2.34. The van der Waals surface area contributed by atoms with Gasteiger partial charge in [0.15, 0.2) is 0 Å². The van der Waals surface area contributed by atoms with Crippen molar-refractivity contribution in [1.82, 2.24) is 10.0 Å². The number of hydrogen-bond acceptors (Lipinski definition) is 10. The van der Waals surface area contributed by atoms with Crippen molar-refractivity contribution in [3.8, 4) is 0 Å². The van der Waals surface area contributed by atoms with Gasteiger partial charge < -0.3 is 19.5 Å². The van der Waals surface area contributed by atoms with E-state index in [-0.39, 0.29) is 56.3 Å². The van der Waals surface area contributed by atoms with Crippen LogP contribution in [-0.4, -0.2) is 75.8 Å². The molecule has 0 heterocycles. The smallest absolute Gasteiger partial charge is 0.293 e. The van der Waals surface area contributed by atoms with Gasteiger partial charge in [-0.1, -0.05) is 13.8 Å². The summed E-state index contributed by atoms with van der Waals surface area (Å²) in [5, 5.41) is 2.84. The molecule has 0 bridgehead atoms. The van der Waals surface area contributed by atoms with Crippen molar-refractivity contribution < 1.29 is 37.0 Å². The molecule has 2 N–H and O–H groups in total. The summed E-state index contributed by atoms with van der Waals surface area (Å²) < 4.78 is 41.2. The van der Waals surface area contributed by atoms with Gasteiger partial charge in [0.05, 0.1) is 5.75 Å². The minimum absolute atomic E-state index is 0.0810. The Bertz CT molecular complexity index is 571. The van der Waals surface area contributed by atoms with Gasteiger partial charge in [-0.2, -0.15) is 12.6 Å². The zero-order valence-electron chi connectivity index (χ0n) is 16.6. The number of thiol groups is 1. The maximum Gasteiger partial charge on any atom is 0.293 e. The van der Waals surface area contributed by atoms with E-state index in [1.54, 1.807) is 13.8 Å². The molecular weight excluding hydrogens is 412 g/mol. The molecule has 12 heteroatoms. The lowest BCUT2D eigenvalue weighted by atomic mass is 9.93. The lowest BCUT2D eigenvalue weighted by Gasteiger charge is -2.33. The van der Waals surface area contributed by atoms with Crippen LogP contribution in [0.1, 0.15) is 34.1 Å². The first-order chi connectivity index (χ1) is 12.8. The number of nitrogens with one attached hydrogen (secondary N) is 2. The lowest BCUT2D eigenvalue weighted by Crippen LogP contribution is -2.58. The van der Waals surface area contributed by atoms with E-state index in [0.29, 0.717) is 6.42 Å². The maximum atomic E-state index is 12.4. The van der Waals surface area contributed by atoms with E-state index in [9.17, 15) is 22.8 Å². The van der Waals surface area contributed by atoms with Crippen molar-refractivity contribution in [2.45, 2.75) is 49.9 Å². The highest BCUT2D eigenvalue weighted by atomic mass is 32.2. The first-order valence-corrected chi connectivity index (χ1v) is 10.6. The fourth-order valence-electron chi connectivity index (χ4n) is 2.90. The number of ether oxygens (including phenoxy) is 3. The monoisotopic (exact) mass is 442 g/mol. The highest BCUT2D eigenvalue weighted by molar-refractivity contribution is 7.89. The molecule has 10 nitrogen and oxygen atoms in total. The van der Waals surface area contributed by atoms with E-state index in [2.05, 4.69) is 22.7 Å². The molecule has 0 saturated heterocycles. The van der Waals surface area contributed by atoms with Crippen LogP contribution in [0.5, 0.6) is 0 Å². The molecule has 0 fully saturated rings. The van der Waals surface area contributed by atoms with Gasteiger partial charge in [-0.05, 0) is 20.3 Å². The Morgan fingerprint density at radius 1 is 0.893 bits per heavy atom. The summed E-state index contributed by atoms with van der Waals surface area (Å²) in [5.74, 6) is -0.311. The molecule has 0 saturated carbocycles. The van der Waals surface area contributed by atoms with Crippen LogP contribution in [0.4, 0.5) is 0 Å². The molecule has 0 aromatic heterocycles. The Hall–Kier alpha value is -1.37. The van der Waals surface area contributed by atoms with Crippen LogP contribution in [0.3, 0.4) is 0 Å². The molecule has 0 spiro atoms. The van der Waals surface area contributed by atoms with Gasteiger partial charge in [-0.15, -0.1) is 0 Å². The fourth-order valence-corrected chi connectivity index (χ4v) is 4.68. The average Bonchev–Trinajstić information content (AvgIpc) is 2.52. The minimum Gasteiger partial charge on any atom is -0.466 e. The molecule has 0 amide bonds. The largest absolute Gasteiger partial charge is 0.466 e. The molecular formula is C16H30N2O8S2. The number of hydrogen-bond donors (Lipinski definition) is 3. The molecule has 0 atom stereocenters. The maximum absolute atomic E-state index is 12.4. The van der Waals surface area contributed by atoms with E-state index in [1.165, 1.54) is 0 Å². The second-order valence-electron chi connectivity index (χ2n) is 7.72. The highest BCUT2D eigenvalue weighted by Crippen LogP contribution is 2.25. The van der Waals surface area contributed by atoms with Crippen LogP contribution in [0.2, 0.25) is 0 Å². The van der Waals surface area contributed by atoms with E-state index < -0.39 is 21.1 Å². The van der Waals surface area contributed by atoms with Crippen molar-refractivity contribution >= 4 is 42.1 Å². The zero-order valence-corrected chi connectivity index (χ0v) is 18.3. The first-order valence-electron chi connectivity index (χ1n) is 8.45. The Labute approximate surface area is 171 Å². The number of sulfonamides is 1. The molecule has 0 rings (SSSR count). The summed E-state index contributed by atoms with van der Waals surface area (Å²) in [6, 6.07) is 0. The third-order valence-corrected chi connectivity index (χ3v) is 5.22. The van der Waals surface area contributed by atoms with Crippen molar-refractivity contribution in [2.24, 2.45) is 0 Å². The Morgan fingerprint density at radius 2 is 1.32 bits per heavy atom. The molecule has 0 aliphatic carbocycles. The SMILES string of the molecule is CC(C)(S)CC(C)(C)NS(=O)(=O)CCNC(COC=O)(COC=O)COC=O. The van der Waals surface area contributed by atoms with Crippen LogP contribution in [0.25, 0.3) is 0 Å². The Kier molecular flexibility index (Phi) is 11.0. The molecule has 0 aliphatic heterocycles. The van der Waals surface area contributed by atoms with Gasteiger partial charge in [-0.3, -0.25) is 14.4 Å². The van der Waals surface area contributed by atoms with E-state index in [0.717, 1.165) is 0 Å². The van der Waals surface area contributed by atoms with Gasteiger partial charge in [0.2, 0.25) is 10.0 Å².